The average Bonchev–Trinajstić information content (AvgIpc) is 2.41. The molecule has 0 saturated carbocycles. The topological polar surface area (TPSA) is 6.48 Å². The van der Waals surface area contributed by atoms with Gasteiger partial charge in [-0.2, -0.15) is 12.8 Å². The second kappa shape index (κ2) is 23.0. The first-order chi connectivity index (χ1) is 9.69. The minimum Gasteiger partial charge on any atom is -0.342 e. The van der Waals surface area contributed by atoms with E-state index in [2.05, 4.69) is 51.3 Å². The van der Waals surface area contributed by atoms with Gasteiger partial charge in [0.05, 0.1) is 0 Å². The fourth-order valence-electron chi connectivity index (χ4n) is 2.38. The summed E-state index contributed by atoms with van der Waals surface area (Å²) in [7, 11) is 0. The van der Waals surface area contributed by atoms with E-state index in [1.165, 1.54) is 65.0 Å². The van der Waals surface area contributed by atoms with Crippen LogP contribution in [0, 0.1) is 13.8 Å². The molecule has 124 valence electrons. The predicted octanol–water partition coefficient (Wildman–Crippen LogP) is 4.28. The molecule has 2 nitrogen and oxygen atoms in total. The molecular weight excluding hydrogens is 269 g/mol. The summed E-state index contributed by atoms with van der Waals surface area (Å²) in [5, 5.41) is 0. The Kier molecular flexibility index (Phi) is 29.1. The Bertz CT molecular complexity index is 119. The van der Waals surface area contributed by atoms with Crippen molar-refractivity contribution in [2.75, 3.05) is 39.3 Å². The minimum absolute atomic E-state index is 0. The van der Waals surface area contributed by atoms with Gasteiger partial charge in [0.2, 0.25) is 0 Å². The first-order valence-corrected chi connectivity index (χ1v) is 8.73. The second-order valence-electron chi connectivity index (χ2n) is 5.39. The number of hydrogen-bond acceptors (Lipinski definition) is 2. The van der Waals surface area contributed by atoms with Crippen molar-refractivity contribution in [1.29, 1.82) is 0 Å². The van der Waals surface area contributed by atoms with Crippen LogP contribution in [0.5, 0.6) is 0 Å². The van der Waals surface area contributed by atoms with Crippen LogP contribution in [0.3, 0.4) is 0 Å². The van der Waals surface area contributed by atoms with E-state index in [1.54, 1.807) is 0 Å². The normalized spacial score (nSPS) is 10.3. The van der Waals surface area contributed by atoms with Gasteiger partial charge in [0.25, 0.3) is 0 Å². The molecule has 0 rings (SSSR count). The maximum Gasteiger partial charge on any atom is 2.00 e. The van der Waals surface area contributed by atoms with Gasteiger partial charge in [-0.15, -0.1) is 0 Å². The Hall–Kier alpha value is 0.686. The molecule has 0 atom stereocenters. The maximum absolute atomic E-state index is 3.85. The number of rotatable bonds is 12. The first-order valence-electron chi connectivity index (χ1n) is 8.73. The SMILES string of the molecule is [CH2-]CCN(CCC)CCC.[CH2-]CCN(CCC)CCC.[Mg+2]. The zero-order valence-corrected chi connectivity index (χ0v) is 16.9. The van der Waals surface area contributed by atoms with Crippen LogP contribution in [0.25, 0.3) is 0 Å². The van der Waals surface area contributed by atoms with E-state index in [9.17, 15) is 0 Å². The van der Waals surface area contributed by atoms with E-state index in [4.69, 9.17) is 0 Å². The molecule has 0 amide bonds. The Morgan fingerprint density at radius 2 is 0.762 bits per heavy atom. The third-order valence-electron chi connectivity index (χ3n) is 3.11. The summed E-state index contributed by atoms with van der Waals surface area (Å²) in [6.07, 6.45) is 7.14. The van der Waals surface area contributed by atoms with E-state index < -0.39 is 0 Å². The van der Waals surface area contributed by atoms with E-state index in [-0.39, 0.29) is 23.1 Å². The molecule has 21 heavy (non-hydrogen) atoms. The summed E-state index contributed by atoms with van der Waals surface area (Å²) in [4.78, 5) is 4.96. The van der Waals surface area contributed by atoms with Gasteiger partial charge in [-0.3, -0.25) is 0 Å². The van der Waals surface area contributed by atoms with E-state index >= 15 is 0 Å². The van der Waals surface area contributed by atoms with Gasteiger partial charge >= 0.3 is 23.1 Å². The molecular formula is C18H40MgN2. The molecule has 0 spiro atoms. The van der Waals surface area contributed by atoms with Crippen LogP contribution in [0.2, 0.25) is 0 Å². The van der Waals surface area contributed by atoms with Crippen molar-refractivity contribution in [2.45, 2.75) is 66.2 Å². The molecule has 0 saturated heterocycles. The van der Waals surface area contributed by atoms with Crippen molar-refractivity contribution in [3.05, 3.63) is 13.8 Å². The monoisotopic (exact) mass is 308 g/mol. The fourth-order valence-corrected chi connectivity index (χ4v) is 2.38. The van der Waals surface area contributed by atoms with Gasteiger partial charge < -0.3 is 23.6 Å². The summed E-state index contributed by atoms with van der Waals surface area (Å²) in [5.74, 6) is 0. The smallest absolute Gasteiger partial charge is 0.342 e. The molecule has 0 N–H and O–H groups in total. The predicted molar refractivity (Wildman–Crippen MR) is 99.7 cm³/mol. The van der Waals surface area contributed by atoms with Crippen LogP contribution < -0.4 is 0 Å². The molecule has 3 heteroatoms. The quantitative estimate of drug-likeness (QED) is 0.392. The summed E-state index contributed by atoms with van der Waals surface area (Å²) in [6, 6.07) is 0. The average molecular weight is 309 g/mol. The molecule has 0 aromatic heterocycles. The van der Waals surface area contributed by atoms with Gasteiger partial charge in [-0.05, 0) is 65.0 Å². The molecule has 0 aromatic carbocycles. The molecule has 0 aliphatic heterocycles. The fraction of sp³-hybridized carbons (Fsp3) is 0.889. The summed E-state index contributed by atoms with van der Waals surface area (Å²) in [5.41, 5.74) is 0. The zero-order chi connectivity index (χ0) is 15.6. The Morgan fingerprint density at radius 1 is 0.524 bits per heavy atom. The van der Waals surface area contributed by atoms with Crippen LogP contribution >= 0.6 is 0 Å². The van der Waals surface area contributed by atoms with Crippen molar-refractivity contribution in [1.82, 2.24) is 9.80 Å². The molecule has 0 aromatic rings. The van der Waals surface area contributed by atoms with Gasteiger partial charge in [0.15, 0.2) is 0 Å². The number of hydrogen-bond donors (Lipinski definition) is 0. The zero-order valence-electron chi connectivity index (χ0n) is 15.5. The largest absolute Gasteiger partial charge is 2.00 e. The van der Waals surface area contributed by atoms with Crippen molar-refractivity contribution in [3.63, 3.8) is 0 Å². The Morgan fingerprint density at radius 3 is 0.905 bits per heavy atom. The molecule has 0 bridgehead atoms. The molecule has 0 aliphatic rings. The Labute approximate surface area is 152 Å². The first kappa shape index (κ1) is 26.6. The van der Waals surface area contributed by atoms with Crippen LogP contribution in [0.1, 0.15) is 66.2 Å². The standard InChI is InChI=1S/2C9H20N.Mg/c2*1-4-7-10(8-5-2)9-6-3;/h2*1,4-9H2,2-3H3;/q2*-1;+2. The van der Waals surface area contributed by atoms with Gasteiger partial charge in [-0.1, -0.05) is 27.7 Å². The van der Waals surface area contributed by atoms with Gasteiger partial charge in [0, 0.05) is 0 Å². The second-order valence-corrected chi connectivity index (χ2v) is 5.39. The summed E-state index contributed by atoms with van der Waals surface area (Å²) in [6.45, 7) is 23.9. The van der Waals surface area contributed by atoms with Crippen molar-refractivity contribution in [3.8, 4) is 0 Å². The van der Waals surface area contributed by atoms with Crippen molar-refractivity contribution in [2.24, 2.45) is 0 Å². The van der Waals surface area contributed by atoms with Crippen LogP contribution in [-0.2, 0) is 0 Å². The maximum atomic E-state index is 3.85. The van der Waals surface area contributed by atoms with Gasteiger partial charge in [-0.25, -0.2) is 0 Å². The third kappa shape index (κ3) is 20.7. The summed E-state index contributed by atoms with van der Waals surface area (Å²) < 4.78 is 0. The van der Waals surface area contributed by atoms with Gasteiger partial charge in [0.1, 0.15) is 0 Å². The minimum atomic E-state index is 0. The van der Waals surface area contributed by atoms with Crippen LogP contribution in [-0.4, -0.2) is 72.1 Å². The Balaban J connectivity index is -0.000000295. The van der Waals surface area contributed by atoms with E-state index in [1.807, 2.05) is 0 Å². The molecule has 0 aliphatic carbocycles. The molecule has 0 heterocycles. The van der Waals surface area contributed by atoms with Crippen molar-refractivity contribution >= 4 is 23.1 Å². The van der Waals surface area contributed by atoms with E-state index in [0.29, 0.717) is 0 Å². The van der Waals surface area contributed by atoms with E-state index in [0.717, 1.165) is 12.8 Å². The van der Waals surface area contributed by atoms with Crippen LogP contribution in [0.4, 0.5) is 0 Å². The third-order valence-corrected chi connectivity index (χ3v) is 3.11. The van der Waals surface area contributed by atoms with Crippen molar-refractivity contribution < 1.29 is 0 Å². The summed E-state index contributed by atoms with van der Waals surface area (Å²) >= 11 is 0. The molecule has 0 unspecified atom stereocenters. The molecule has 0 radical (unpaired) electrons. The number of nitrogens with zero attached hydrogens (tertiary/aromatic N) is 2. The van der Waals surface area contributed by atoms with Crippen LogP contribution in [0.15, 0.2) is 0 Å². The molecule has 0 fully saturated rings.